The van der Waals surface area contributed by atoms with Crippen LogP contribution in [0.5, 0.6) is 0 Å². The second-order valence-electron chi connectivity index (χ2n) is 5.17. The number of aromatic nitrogens is 1. The van der Waals surface area contributed by atoms with Crippen LogP contribution in [0.4, 0.5) is 0 Å². The van der Waals surface area contributed by atoms with Gasteiger partial charge in [-0.25, -0.2) is 9.78 Å². The maximum atomic E-state index is 11.9. The maximum Gasteiger partial charge on any atom is 0.338 e. The average Bonchev–Trinajstić information content (AvgIpc) is 3.14. The molecule has 0 bridgehead atoms. The van der Waals surface area contributed by atoms with E-state index in [0.717, 1.165) is 33.3 Å². The lowest BCUT2D eigenvalue weighted by Gasteiger charge is -2.03. The summed E-state index contributed by atoms with van der Waals surface area (Å²) in [7, 11) is 0. The molecule has 0 N–H and O–H groups in total. The van der Waals surface area contributed by atoms with Crippen LogP contribution in [0.25, 0.3) is 21.8 Å². The van der Waals surface area contributed by atoms with Crippen LogP contribution in [0.2, 0.25) is 0 Å². The molecular formula is C18H17NO3S. The monoisotopic (exact) mass is 327 g/mol. The van der Waals surface area contributed by atoms with E-state index in [2.05, 4.69) is 4.98 Å². The number of nitrogens with zero attached hydrogens (tertiary/aromatic N) is 1. The van der Waals surface area contributed by atoms with Gasteiger partial charge in [-0.05, 0) is 39.0 Å². The van der Waals surface area contributed by atoms with E-state index < -0.39 is 0 Å². The van der Waals surface area contributed by atoms with E-state index in [0.29, 0.717) is 12.2 Å². The number of ether oxygens (including phenoxy) is 1. The van der Waals surface area contributed by atoms with Crippen molar-refractivity contribution in [1.82, 2.24) is 4.98 Å². The second kappa shape index (κ2) is 6.38. The summed E-state index contributed by atoms with van der Waals surface area (Å²) >= 11 is 1.54. The normalized spacial score (nSPS) is 10.7. The zero-order valence-electron chi connectivity index (χ0n) is 13.3. The van der Waals surface area contributed by atoms with Crippen molar-refractivity contribution in [2.75, 3.05) is 6.61 Å². The summed E-state index contributed by atoms with van der Waals surface area (Å²) in [6.07, 6.45) is 0. The number of carbonyl (C=O) groups excluding carboxylic acids is 1. The fourth-order valence-corrected chi connectivity index (χ4v) is 3.23. The number of furan rings is 1. The van der Waals surface area contributed by atoms with E-state index in [4.69, 9.17) is 9.15 Å². The molecule has 0 spiro atoms. The first-order chi connectivity index (χ1) is 11.1. The van der Waals surface area contributed by atoms with Crippen LogP contribution in [0.3, 0.4) is 0 Å². The molecule has 1 aromatic carbocycles. The van der Waals surface area contributed by atoms with Crippen molar-refractivity contribution in [3.8, 4) is 21.8 Å². The van der Waals surface area contributed by atoms with Crippen molar-refractivity contribution in [3.05, 3.63) is 52.8 Å². The highest BCUT2D eigenvalue weighted by Crippen LogP contribution is 2.32. The fourth-order valence-electron chi connectivity index (χ4n) is 2.41. The summed E-state index contributed by atoms with van der Waals surface area (Å²) in [5, 5.41) is 2.87. The Morgan fingerprint density at radius 2 is 2.13 bits per heavy atom. The van der Waals surface area contributed by atoms with E-state index in [1.807, 2.05) is 43.5 Å². The molecule has 3 aromatic rings. The van der Waals surface area contributed by atoms with Gasteiger partial charge in [0.1, 0.15) is 16.5 Å². The topological polar surface area (TPSA) is 52.3 Å². The van der Waals surface area contributed by atoms with E-state index in [-0.39, 0.29) is 5.97 Å². The Hall–Kier alpha value is -2.40. The molecular weight excluding hydrogens is 310 g/mol. The molecule has 0 aliphatic rings. The third kappa shape index (κ3) is 3.19. The molecule has 23 heavy (non-hydrogen) atoms. The molecule has 0 aliphatic carbocycles. The number of rotatable bonds is 4. The molecule has 4 nitrogen and oxygen atoms in total. The standard InChI is InChI=1S/C18H17NO3S/c1-4-21-18(20)14-7-5-6-13(9-14)17-19-16(10-23-17)15-8-11(2)22-12(15)3/h5-10H,4H2,1-3H3. The van der Waals surface area contributed by atoms with Gasteiger partial charge in [0.25, 0.3) is 0 Å². The molecule has 0 unspecified atom stereocenters. The van der Waals surface area contributed by atoms with Gasteiger partial charge < -0.3 is 9.15 Å². The van der Waals surface area contributed by atoms with Gasteiger partial charge in [0, 0.05) is 16.5 Å². The van der Waals surface area contributed by atoms with Crippen molar-refractivity contribution in [2.45, 2.75) is 20.8 Å². The highest BCUT2D eigenvalue weighted by Gasteiger charge is 2.13. The van der Waals surface area contributed by atoms with Crippen LogP contribution in [0, 0.1) is 13.8 Å². The zero-order valence-corrected chi connectivity index (χ0v) is 14.1. The van der Waals surface area contributed by atoms with Crippen molar-refractivity contribution < 1.29 is 13.9 Å². The molecule has 3 rings (SSSR count). The van der Waals surface area contributed by atoms with Crippen LogP contribution in [0.1, 0.15) is 28.8 Å². The molecule has 0 amide bonds. The maximum absolute atomic E-state index is 11.9. The molecule has 0 radical (unpaired) electrons. The molecule has 2 heterocycles. The SMILES string of the molecule is CCOC(=O)c1cccc(-c2nc(-c3cc(C)oc3C)cs2)c1. The third-order valence-electron chi connectivity index (χ3n) is 3.44. The van der Waals surface area contributed by atoms with Gasteiger partial charge in [-0.2, -0.15) is 0 Å². The number of aryl methyl sites for hydroxylation is 2. The highest BCUT2D eigenvalue weighted by atomic mass is 32.1. The molecule has 0 atom stereocenters. The molecule has 5 heteroatoms. The van der Waals surface area contributed by atoms with Gasteiger partial charge in [0.05, 0.1) is 17.9 Å². The number of benzene rings is 1. The van der Waals surface area contributed by atoms with Crippen molar-refractivity contribution in [1.29, 1.82) is 0 Å². The van der Waals surface area contributed by atoms with Gasteiger partial charge in [-0.1, -0.05) is 12.1 Å². The third-order valence-corrected chi connectivity index (χ3v) is 4.33. The number of thiazole rings is 1. The predicted octanol–water partition coefficient (Wildman–Crippen LogP) is 4.86. The number of hydrogen-bond donors (Lipinski definition) is 0. The van der Waals surface area contributed by atoms with Gasteiger partial charge >= 0.3 is 5.97 Å². The van der Waals surface area contributed by atoms with E-state index in [1.54, 1.807) is 24.3 Å². The van der Waals surface area contributed by atoms with Gasteiger partial charge in [-0.3, -0.25) is 0 Å². The minimum Gasteiger partial charge on any atom is -0.466 e. The summed E-state index contributed by atoms with van der Waals surface area (Å²) in [6.45, 7) is 6.02. The minimum absolute atomic E-state index is 0.313. The molecule has 2 aromatic heterocycles. The summed E-state index contributed by atoms with van der Waals surface area (Å²) in [6, 6.07) is 9.34. The number of hydrogen-bond acceptors (Lipinski definition) is 5. The number of esters is 1. The molecule has 0 saturated heterocycles. The minimum atomic E-state index is -0.313. The van der Waals surface area contributed by atoms with Crippen LogP contribution in [-0.4, -0.2) is 17.6 Å². The molecule has 0 saturated carbocycles. The van der Waals surface area contributed by atoms with Gasteiger partial charge in [0.2, 0.25) is 0 Å². The lowest BCUT2D eigenvalue weighted by Crippen LogP contribution is -2.04. The molecule has 0 aliphatic heterocycles. The van der Waals surface area contributed by atoms with E-state index >= 15 is 0 Å². The Morgan fingerprint density at radius 3 is 2.83 bits per heavy atom. The predicted molar refractivity (Wildman–Crippen MR) is 90.7 cm³/mol. The quantitative estimate of drug-likeness (QED) is 0.642. The van der Waals surface area contributed by atoms with E-state index in [1.165, 1.54) is 0 Å². The first-order valence-electron chi connectivity index (χ1n) is 7.39. The smallest absolute Gasteiger partial charge is 0.338 e. The summed E-state index contributed by atoms with van der Waals surface area (Å²) < 4.78 is 10.6. The van der Waals surface area contributed by atoms with Crippen molar-refractivity contribution in [3.63, 3.8) is 0 Å². The average molecular weight is 327 g/mol. The largest absolute Gasteiger partial charge is 0.466 e. The Balaban J connectivity index is 1.93. The Bertz CT molecular complexity index is 848. The Kier molecular flexibility index (Phi) is 4.30. The van der Waals surface area contributed by atoms with Crippen molar-refractivity contribution in [2.24, 2.45) is 0 Å². The van der Waals surface area contributed by atoms with Crippen molar-refractivity contribution >= 4 is 17.3 Å². The van der Waals surface area contributed by atoms with E-state index in [9.17, 15) is 4.79 Å². The van der Waals surface area contributed by atoms with Crippen LogP contribution in [0.15, 0.2) is 40.1 Å². The number of carbonyl (C=O) groups is 1. The Morgan fingerprint density at radius 1 is 1.30 bits per heavy atom. The first-order valence-corrected chi connectivity index (χ1v) is 8.27. The second-order valence-corrected chi connectivity index (χ2v) is 6.02. The highest BCUT2D eigenvalue weighted by molar-refractivity contribution is 7.13. The lowest BCUT2D eigenvalue weighted by atomic mass is 10.1. The van der Waals surface area contributed by atoms with Gasteiger partial charge in [-0.15, -0.1) is 11.3 Å². The van der Waals surface area contributed by atoms with Gasteiger partial charge in [0.15, 0.2) is 0 Å². The van der Waals surface area contributed by atoms with Crippen LogP contribution >= 0.6 is 11.3 Å². The lowest BCUT2D eigenvalue weighted by molar-refractivity contribution is 0.0526. The first kappa shape index (κ1) is 15.5. The fraction of sp³-hybridized carbons (Fsp3) is 0.222. The Labute approximate surface area is 138 Å². The molecule has 118 valence electrons. The summed E-state index contributed by atoms with van der Waals surface area (Å²) in [5.41, 5.74) is 3.34. The zero-order chi connectivity index (χ0) is 16.4. The summed E-state index contributed by atoms with van der Waals surface area (Å²) in [4.78, 5) is 16.5. The summed E-state index contributed by atoms with van der Waals surface area (Å²) in [5.74, 6) is 1.42. The van der Waals surface area contributed by atoms with Crippen LogP contribution in [-0.2, 0) is 4.74 Å². The van der Waals surface area contributed by atoms with Crippen LogP contribution < -0.4 is 0 Å². The molecule has 0 fully saturated rings.